The molecular formula is C18H28F2N4O2. The number of hydrogen-bond acceptors (Lipinski definition) is 4. The zero-order chi connectivity index (χ0) is 18.6. The maximum absolute atomic E-state index is 12.5. The van der Waals surface area contributed by atoms with Crippen molar-refractivity contribution >= 4 is 5.96 Å². The van der Waals surface area contributed by atoms with Crippen LogP contribution >= 0.6 is 0 Å². The first-order valence-electron chi connectivity index (χ1n) is 8.96. The van der Waals surface area contributed by atoms with E-state index in [0.717, 1.165) is 52.2 Å². The molecule has 1 aromatic rings. The Hall–Kier alpha value is -1.93. The van der Waals surface area contributed by atoms with Crippen molar-refractivity contribution in [1.29, 1.82) is 0 Å². The molecule has 0 atom stereocenters. The van der Waals surface area contributed by atoms with Crippen molar-refractivity contribution < 1.29 is 18.3 Å². The van der Waals surface area contributed by atoms with Gasteiger partial charge in [-0.25, -0.2) is 0 Å². The van der Waals surface area contributed by atoms with Crippen LogP contribution in [0.4, 0.5) is 8.78 Å². The lowest BCUT2D eigenvalue weighted by atomic mass is 10.2. The van der Waals surface area contributed by atoms with E-state index in [1.165, 1.54) is 6.07 Å². The second-order valence-electron chi connectivity index (χ2n) is 6.00. The number of aliphatic imine (C=N–C) groups is 1. The second-order valence-corrected chi connectivity index (χ2v) is 6.00. The van der Waals surface area contributed by atoms with E-state index in [-0.39, 0.29) is 5.75 Å². The Bertz CT molecular complexity index is 552. The maximum atomic E-state index is 12.5. The number of ether oxygens (including phenoxy) is 2. The summed E-state index contributed by atoms with van der Waals surface area (Å²) in [4.78, 5) is 6.57. The number of guanidine groups is 1. The smallest absolute Gasteiger partial charge is 0.387 e. The van der Waals surface area contributed by atoms with Gasteiger partial charge in [0.15, 0.2) is 5.96 Å². The van der Waals surface area contributed by atoms with Crippen molar-refractivity contribution in [3.63, 3.8) is 0 Å². The molecule has 146 valence electrons. The molecule has 0 amide bonds. The predicted octanol–water partition coefficient (Wildman–Crippen LogP) is 2.07. The molecule has 26 heavy (non-hydrogen) atoms. The molecule has 8 heteroatoms. The topological polar surface area (TPSA) is 58.1 Å². The molecule has 1 aromatic carbocycles. The van der Waals surface area contributed by atoms with Gasteiger partial charge < -0.3 is 20.1 Å². The van der Waals surface area contributed by atoms with Gasteiger partial charge in [0.1, 0.15) is 5.75 Å². The van der Waals surface area contributed by atoms with Crippen molar-refractivity contribution in [1.82, 2.24) is 15.5 Å². The van der Waals surface area contributed by atoms with Gasteiger partial charge in [0, 0.05) is 38.8 Å². The fraction of sp³-hybridized carbons (Fsp3) is 0.611. The molecule has 0 radical (unpaired) electrons. The molecule has 0 unspecified atom stereocenters. The molecule has 0 saturated carbocycles. The first kappa shape index (κ1) is 20.4. The SMILES string of the molecule is CN=C(NCCCCN1CCOCC1)NCc1ccccc1OC(F)F. The molecule has 0 spiro atoms. The molecule has 0 aliphatic carbocycles. The van der Waals surface area contributed by atoms with Gasteiger partial charge in [-0.05, 0) is 25.5 Å². The number of halogens is 2. The molecule has 1 heterocycles. The summed E-state index contributed by atoms with van der Waals surface area (Å²) in [5.74, 6) is 0.819. The molecular weight excluding hydrogens is 342 g/mol. The van der Waals surface area contributed by atoms with Gasteiger partial charge in [-0.1, -0.05) is 18.2 Å². The molecule has 1 saturated heterocycles. The van der Waals surface area contributed by atoms with Crippen LogP contribution in [0.3, 0.4) is 0 Å². The van der Waals surface area contributed by atoms with Crippen LogP contribution < -0.4 is 15.4 Å². The lowest BCUT2D eigenvalue weighted by Crippen LogP contribution is -2.38. The van der Waals surface area contributed by atoms with E-state index in [2.05, 4.69) is 25.3 Å². The quantitative estimate of drug-likeness (QED) is 0.396. The summed E-state index contributed by atoms with van der Waals surface area (Å²) >= 11 is 0. The summed E-state index contributed by atoms with van der Waals surface area (Å²) in [5, 5.41) is 6.37. The molecule has 1 aliphatic rings. The van der Waals surface area contributed by atoms with Crippen LogP contribution in [0.1, 0.15) is 18.4 Å². The zero-order valence-corrected chi connectivity index (χ0v) is 15.2. The number of nitrogens with zero attached hydrogens (tertiary/aromatic N) is 2. The number of alkyl halides is 2. The lowest BCUT2D eigenvalue weighted by Gasteiger charge is -2.26. The minimum atomic E-state index is -2.83. The number of morpholine rings is 1. The summed E-state index contributed by atoms with van der Waals surface area (Å²) in [6, 6.07) is 6.74. The summed E-state index contributed by atoms with van der Waals surface area (Å²) in [6.45, 7) is 3.08. The van der Waals surface area contributed by atoms with Crippen LogP contribution in [0.15, 0.2) is 29.3 Å². The minimum Gasteiger partial charge on any atom is -0.434 e. The second kappa shape index (κ2) is 11.6. The molecule has 6 nitrogen and oxygen atoms in total. The zero-order valence-electron chi connectivity index (χ0n) is 15.2. The highest BCUT2D eigenvalue weighted by Gasteiger charge is 2.10. The molecule has 2 N–H and O–H groups in total. The Morgan fingerprint density at radius 3 is 2.73 bits per heavy atom. The van der Waals surface area contributed by atoms with Gasteiger partial charge in [0.05, 0.1) is 13.2 Å². The number of hydrogen-bond donors (Lipinski definition) is 2. The molecule has 0 bridgehead atoms. The van der Waals surface area contributed by atoms with Crippen molar-refractivity contribution in [3.8, 4) is 5.75 Å². The summed E-state index contributed by atoms with van der Waals surface area (Å²) in [7, 11) is 1.69. The standard InChI is InChI=1S/C18H28F2N4O2/c1-21-18(22-8-4-5-9-24-10-12-25-13-11-24)23-14-15-6-2-3-7-16(15)26-17(19)20/h2-3,6-7,17H,4-5,8-14H2,1H3,(H2,21,22,23). The number of benzene rings is 1. The van der Waals surface area contributed by atoms with E-state index in [9.17, 15) is 8.78 Å². The molecule has 1 fully saturated rings. The van der Waals surface area contributed by atoms with Crippen molar-refractivity contribution in [2.75, 3.05) is 46.4 Å². The number of nitrogens with one attached hydrogen (secondary N) is 2. The van der Waals surface area contributed by atoms with Crippen LogP contribution in [0.25, 0.3) is 0 Å². The Morgan fingerprint density at radius 2 is 2.00 bits per heavy atom. The van der Waals surface area contributed by atoms with E-state index >= 15 is 0 Å². The van der Waals surface area contributed by atoms with Crippen LogP contribution in [0.5, 0.6) is 5.75 Å². The van der Waals surface area contributed by atoms with Crippen LogP contribution in [0.2, 0.25) is 0 Å². The third-order valence-electron chi connectivity index (χ3n) is 4.16. The average Bonchev–Trinajstić information content (AvgIpc) is 2.65. The van der Waals surface area contributed by atoms with E-state index in [4.69, 9.17) is 4.74 Å². The van der Waals surface area contributed by atoms with Crippen LogP contribution in [-0.2, 0) is 11.3 Å². The highest BCUT2D eigenvalue weighted by molar-refractivity contribution is 5.79. The minimum absolute atomic E-state index is 0.177. The highest BCUT2D eigenvalue weighted by atomic mass is 19.3. The first-order valence-corrected chi connectivity index (χ1v) is 8.96. The predicted molar refractivity (Wildman–Crippen MR) is 97.8 cm³/mol. The third-order valence-corrected chi connectivity index (χ3v) is 4.16. The summed E-state index contributed by atoms with van der Waals surface area (Å²) in [6.07, 6.45) is 2.14. The number of unbranched alkanes of at least 4 members (excludes halogenated alkanes) is 1. The van der Waals surface area contributed by atoms with Gasteiger partial charge in [0.25, 0.3) is 0 Å². The van der Waals surface area contributed by atoms with Crippen molar-refractivity contribution in [2.45, 2.75) is 26.0 Å². The van der Waals surface area contributed by atoms with Gasteiger partial charge >= 0.3 is 6.61 Å². The number of rotatable bonds is 9. The molecule has 2 rings (SSSR count). The van der Waals surface area contributed by atoms with E-state index < -0.39 is 6.61 Å². The fourth-order valence-electron chi connectivity index (χ4n) is 2.75. The highest BCUT2D eigenvalue weighted by Crippen LogP contribution is 2.19. The first-order chi connectivity index (χ1) is 12.7. The fourth-order valence-corrected chi connectivity index (χ4v) is 2.75. The monoisotopic (exact) mass is 370 g/mol. The van der Waals surface area contributed by atoms with Crippen LogP contribution in [-0.4, -0.2) is 63.9 Å². The molecule has 0 aromatic heterocycles. The summed E-state index contributed by atoms with van der Waals surface area (Å²) in [5.41, 5.74) is 0.656. The number of para-hydroxylation sites is 1. The largest absolute Gasteiger partial charge is 0.434 e. The normalized spacial score (nSPS) is 15.9. The van der Waals surface area contributed by atoms with E-state index in [1.807, 2.05) is 0 Å². The van der Waals surface area contributed by atoms with Gasteiger partial charge in [-0.15, -0.1) is 0 Å². The van der Waals surface area contributed by atoms with Gasteiger partial charge in [-0.3, -0.25) is 9.89 Å². The third kappa shape index (κ3) is 7.53. The molecule has 1 aliphatic heterocycles. The van der Waals surface area contributed by atoms with Crippen LogP contribution in [0, 0.1) is 0 Å². The van der Waals surface area contributed by atoms with Gasteiger partial charge in [-0.2, -0.15) is 8.78 Å². The Kier molecular flexibility index (Phi) is 9.13. The Balaban J connectivity index is 1.66. The van der Waals surface area contributed by atoms with Crippen molar-refractivity contribution in [2.24, 2.45) is 4.99 Å². The Morgan fingerprint density at radius 1 is 1.23 bits per heavy atom. The van der Waals surface area contributed by atoms with E-state index in [0.29, 0.717) is 18.1 Å². The Labute approximate surface area is 153 Å². The van der Waals surface area contributed by atoms with Gasteiger partial charge in [0.2, 0.25) is 0 Å². The average molecular weight is 370 g/mol. The maximum Gasteiger partial charge on any atom is 0.387 e. The summed E-state index contributed by atoms with van der Waals surface area (Å²) < 4.78 is 34.8. The lowest BCUT2D eigenvalue weighted by molar-refractivity contribution is -0.0504. The van der Waals surface area contributed by atoms with Crippen molar-refractivity contribution in [3.05, 3.63) is 29.8 Å². The van der Waals surface area contributed by atoms with E-state index in [1.54, 1.807) is 25.2 Å².